The molecule has 25 heavy (non-hydrogen) atoms. The summed E-state index contributed by atoms with van der Waals surface area (Å²) in [7, 11) is 0. The quantitative estimate of drug-likeness (QED) is 0.774. The van der Waals surface area contributed by atoms with Crippen LogP contribution in [0.5, 0.6) is 11.5 Å². The van der Waals surface area contributed by atoms with Crippen molar-refractivity contribution in [2.75, 3.05) is 11.9 Å². The van der Waals surface area contributed by atoms with Crippen LogP contribution in [0.25, 0.3) is 11.5 Å². The molecule has 0 saturated heterocycles. The second-order valence-electron chi connectivity index (χ2n) is 5.28. The third-order valence-electron chi connectivity index (χ3n) is 3.53. The summed E-state index contributed by atoms with van der Waals surface area (Å²) >= 11 is 5.94. The van der Waals surface area contributed by atoms with E-state index >= 15 is 0 Å². The molecule has 1 aliphatic rings. The first-order valence-electron chi connectivity index (χ1n) is 7.48. The fraction of sp³-hybridized carbons (Fsp3) is 0.118. The zero-order chi connectivity index (χ0) is 17.2. The summed E-state index contributed by atoms with van der Waals surface area (Å²) in [4.78, 5) is 12.3. The molecule has 1 aromatic heterocycles. The lowest BCUT2D eigenvalue weighted by Gasteiger charge is -2.24. The number of nitrogens with one attached hydrogen (secondary N) is 1. The molecule has 3 aromatic rings. The highest BCUT2D eigenvalue weighted by molar-refractivity contribution is 6.30. The van der Waals surface area contributed by atoms with Gasteiger partial charge in [0.15, 0.2) is 11.5 Å². The SMILES string of the molecule is O=C(Nc1nnc(-c2cccc(Cl)c2)o1)C1COc2ccccc2O1. The minimum atomic E-state index is -0.809. The molecule has 0 bridgehead atoms. The van der Waals surface area contributed by atoms with Gasteiger partial charge in [-0.1, -0.05) is 34.9 Å². The summed E-state index contributed by atoms with van der Waals surface area (Å²) in [6.07, 6.45) is -0.809. The van der Waals surface area contributed by atoms with E-state index in [0.29, 0.717) is 22.1 Å². The minimum Gasteiger partial charge on any atom is -0.485 e. The second-order valence-corrected chi connectivity index (χ2v) is 5.71. The molecule has 7 nitrogen and oxygen atoms in total. The maximum absolute atomic E-state index is 12.3. The fourth-order valence-corrected chi connectivity index (χ4v) is 2.54. The Morgan fingerprint density at radius 2 is 1.96 bits per heavy atom. The average molecular weight is 358 g/mol. The molecule has 4 rings (SSSR count). The molecule has 0 spiro atoms. The van der Waals surface area contributed by atoms with E-state index in [2.05, 4.69) is 15.5 Å². The van der Waals surface area contributed by atoms with Crippen LogP contribution >= 0.6 is 11.6 Å². The number of nitrogens with zero attached hydrogens (tertiary/aromatic N) is 2. The van der Waals surface area contributed by atoms with Gasteiger partial charge in [-0.2, -0.15) is 0 Å². The number of aromatic nitrogens is 2. The summed E-state index contributed by atoms with van der Waals surface area (Å²) in [5.74, 6) is 0.936. The van der Waals surface area contributed by atoms with Crippen molar-refractivity contribution in [1.29, 1.82) is 0 Å². The summed E-state index contributed by atoms with van der Waals surface area (Å²) in [6.45, 7) is 0.0954. The molecule has 0 saturated carbocycles. The van der Waals surface area contributed by atoms with Crippen molar-refractivity contribution in [1.82, 2.24) is 10.2 Å². The van der Waals surface area contributed by atoms with Gasteiger partial charge in [0.1, 0.15) is 6.61 Å². The van der Waals surface area contributed by atoms with Crippen LogP contribution in [0.4, 0.5) is 6.01 Å². The normalized spacial score (nSPS) is 15.6. The molecule has 0 fully saturated rings. The van der Waals surface area contributed by atoms with Gasteiger partial charge in [-0.25, -0.2) is 0 Å². The van der Waals surface area contributed by atoms with E-state index in [1.54, 1.807) is 42.5 Å². The number of rotatable bonds is 3. The number of anilines is 1. The number of amides is 1. The lowest BCUT2D eigenvalue weighted by molar-refractivity contribution is -0.125. The van der Waals surface area contributed by atoms with E-state index in [0.717, 1.165) is 0 Å². The predicted molar refractivity (Wildman–Crippen MR) is 89.7 cm³/mol. The Bertz CT molecular complexity index is 928. The van der Waals surface area contributed by atoms with Crippen LogP contribution in [0.15, 0.2) is 52.9 Å². The monoisotopic (exact) mass is 357 g/mol. The molecule has 0 aliphatic carbocycles. The van der Waals surface area contributed by atoms with Crippen LogP contribution < -0.4 is 14.8 Å². The summed E-state index contributed by atoms with van der Waals surface area (Å²) in [5, 5.41) is 10.8. The molecule has 2 heterocycles. The number of ether oxygens (including phenoxy) is 2. The zero-order valence-corrected chi connectivity index (χ0v) is 13.6. The lowest BCUT2D eigenvalue weighted by atomic mass is 10.2. The molecule has 1 amide bonds. The third-order valence-corrected chi connectivity index (χ3v) is 3.76. The van der Waals surface area contributed by atoms with Crippen LogP contribution in [0.2, 0.25) is 5.02 Å². The van der Waals surface area contributed by atoms with Crippen molar-refractivity contribution >= 4 is 23.5 Å². The van der Waals surface area contributed by atoms with Crippen molar-refractivity contribution in [3.8, 4) is 23.0 Å². The number of fused-ring (bicyclic) bond motifs is 1. The Morgan fingerprint density at radius 1 is 1.12 bits per heavy atom. The first-order valence-corrected chi connectivity index (χ1v) is 7.85. The minimum absolute atomic E-state index is 0.0255. The van der Waals surface area contributed by atoms with Crippen molar-refractivity contribution in [3.63, 3.8) is 0 Å². The Kier molecular flexibility index (Phi) is 3.99. The highest BCUT2D eigenvalue weighted by Crippen LogP contribution is 2.31. The van der Waals surface area contributed by atoms with Crippen LogP contribution in [0, 0.1) is 0 Å². The molecule has 126 valence electrons. The number of para-hydroxylation sites is 2. The smallest absolute Gasteiger partial charge is 0.322 e. The van der Waals surface area contributed by atoms with Gasteiger partial charge < -0.3 is 13.9 Å². The van der Waals surface area contributed by atoms with Crippen LogP contribution in [-0.4, -0.2) is 28.8 Å². The highest BCUT2D eigenvalue weighted by Gasteiger charge is 2.28. The van der Waals surface area contributed by atoms with Gasteiger partial charge in [-0.3, -0.25) is 10.1 Å². The average Bonchev–Trinajstić information content (AvgIpc) is 3.10. The number of benzene rings is 2. The van der Waals surface area contributed by atoms with Crippen molar-refractivity contribution in [3.05, 3.63) is 53.6 Å². The van der Waals surface area contributed by atoms with E-state index in [-0.39, 0.29) is 18.5 Å². The lowest BCUT2D eigenvalue weighted by Crippen LogP contribution is -2.40. The van der Waals surface area contributed by atoms with Gasteiger partial charge >= 0.3 is 6.01 Å². The fourth-order valence-electron chi connectivity index (χ4n) is 2.35. The highest BCUT2D eigenvalue weighted by atomic mass is 35.5. The molecule has 1 aliphatic heterocycles. The number of hydrogen-bond acceptors (Lipinski definition) is 6. The molecular weight excluding hydrogens is 346 g/mol. The van der Waals surface area contributed by atoms with Gasteiger partial charge in [-0.15, -0.1) is 5.10 Å². The first kappa shape index (κ1) is 15.5. The predicted octanol–water partition coefficient (Wildman–Crippen LogP) is 3.17. The Balaban J connectivity index is 1.45. The third kappa shape index (κ3) is 3.27. The Morgan fingerprint density at radius 3 is 2.80 bits per heavy atom. The maximum atomic E-state index is 12.3. The Labute approximate surface area is 147 Å². The van der Waals surface area contributed by atoms with Gasteiger partial charge in [-0.05, 0) is 30.3 Å². The van der Waals surface area contributed by atoms with Crippen molar-refractivity contribution < 1.29 is 18.7 Å². The zero-order valence-electron chi connectivity index (χ0n) is 12.8. The van der Waals surface area contributed by atoms with Crippen molar-refractivity contribution in [2.45, 2.75) is 6.10 Å². The van der Waals surface area contributed by atoms with E-state index in [9.17, 15) is 4.79 Å². The number of carbonyl (C=O) groups is 1. The van der Waals surface area contributed by atoms with Crippen LogP contribution in [-0.2, 0) is 4.79 Å². The number of hydrogen-bond donors (Lipinski definition) is 1. The van der Waals surface area contributed by atoms with Crippen LogP contribution in [0.3, 0.4) is 0 Å². The standard InChI is InChI=1S/C17H12ClN3O4/c18-11-5-3-4-10(8-11)16-20-21-17(25-16)19-15(22)14-9-23-12-6-1-2-7-13(12)24-14/h1-8,14H,9H2,(H,19,21,22). The summed E-state index contributed by atoms with van der Waals surface area (Å²) in [6, 6.07) is 14.1. The molecule has 1 atom stereocenters. The molecule has 1 N–H and O–H groups in total. The van der Waals surface area contributed by atoms with E-state index < -0.39 is 12.0 Å². The number of carbonyl (C=O) groups excluding carboxylic acids is 1. The topological polar surface area (TPSA) is 86.5 Å². The van der Waals surface area contributed by atoms with E-state index in [4.69, 9.17) is 25.5 Å². The van der Waals surface area contributed by atoms with Gasteiger partial charge in [0.2, 0.25) is 12.0 Å². The maximum Gasteiger partial charge on any atom is 0.322 e. The second kappa shape index (κ2) is 6.45. The van der Waals surface area contributed by atoms with Gasteiger partial charge in [0.25, 0.3) is 5.91 Å². The van der Waals surface area contributed by atoms with Crippen LogP contribution in [0.1, 0.15) is 0 Å². The van der Waals surface area contributed by atoms with E-state index in [1.165, 1.54) is 0 Å². The largest absolute Gasteiger partial charge is 0.485 e. The number of halogens is 1. The molecule has 0 radical (unpaired) electrons. The molecule has 2 aromatic carbocycles. The van der Waals surface area contributed by atoms with Crippen molar-refractivity contribution in [2.24, 2.45) is 0 Å². The van der Waals surface area contributed by atoms with Gasteiger partial charge in [0.05, 0.1) is 0 Å². The Hall–Kier alpha value is -3.06. The summed E-state index contributed by atoms with van der Waals surface area (Å²) in [5.41, 5.74) is 0.659. The molecule has 8 heteroatoms. The van der Waals surface area contributed by atoms with E-state index in [1.807, 2.05) is 6.07 Å². The summed E-state index contributed by atoms with van der Waals surface area (Å²) < 4.78 is 16.6. The molecular formula is C17H12ClN3O4. The first-order chi connectivity index (χ1) is 12.2. The van der Waals surface area contributed by atoms with Gasteiger partial charge in [0, 0.05) is 10.6 Å². The molecule has 1 unspecified atom stereocenters.